The van der Waals surface area contributed by atoms with Gasteiger partial charge in [-0.15, -0.1) is 5.10 Å². The summed E-state index contributed by atoms with van der Waals surface area (Å²) in [5.41, 5.74) is 5.91. The van der Waals surface area contributed by atoms with Crippen molar-refractivity contribution in [2.24, 2.45) is 0 Å². The minimum Gasteiger partial charge on any atom is -0.491 e. The molecule has 7 aromatic rings. The first-order valence-electron chi connectivity index (χ1n) is 13.7. The van der Waals surface area contributed by atoms with E-state index in [1.807, 2.05) is 111 Å². The largest absolute Gasteiger partial charge is 0.491 e. The van der Waals surface area contributed by atoms with Gasteiger partial charge in [0.15, 0.2) is 5.76 Å². The predicted molar refractivity (Wildman–Crippen MR) is 165 cm³/mol. The summed E-state index contributed by atoms with van der Waals surface area (Å²) in [7, 11) is 0. The molecule has 0 aliphatic carbocycles. The standard InChI is InChI=1S/C33H27N5O3S/c1-19(2)40-26-15-14-22(16-20(26)3)29-23(18-37(35-29)24-10-6-5-7-11-24)17-28-32(39)38-33(42-28)34-31(36-38)30-21(4)25-12-8-9-13-27(25)41-30/h5-19H,1-4H3. The lowest BCUT2D eigenvalue weighted by Crippen LogP contribution is -2.23. The van der Waals surface area contributed by atoms with Crippen LogP contribution in [-0.4, -0.2) is 30.5 Å². The van der Waals surface area contributed by atoms with E-state index in [4.69, 9.17) is 14.3 Å². The van der Waals surface area contributed by atoms with E-state index >= 15 is 0 Å². The third kappa shape index (κ3) is 4.48. The van der Waals surface area contributed by atoms with Crippen LogP contribution in [0.25, 0.3) is 50.5 Å². The summed E-state index contributed by atoms with van der Waals surface area (Å²) >= 11 is 1.29. The van der Waals surface area contributed by atoms with Gasteiger partial charge in [0.05, 0.1) is 16.3 Å². The fourth-order valence-electron chi connectivity index (χ4n) is 5.07. The SMILES string of the molecule is Cc1cc(-c2nn(-c3ccccc3)cc2C=c2sc3nc(-c4oc5ccccc5c4C)nn3c2=O)ccc1OC(C)C. The predicted octanol–water partition coefficient (Wildman–Crippen LogP) is 6.37. The summed E-state index contributed by atoms with van der Waals surface area (Å²) in [6.45, 7) is 8.02. The van der Waals surface area contributed by atoms with Crippen LogP contribution in [0.3, 0.4) is 0 Å². The van der Waals surface area contributed by atoms with Gasteiger partial charge < -0.3 is 9.15 Å². The highest BCUT2D eigenvalue weighted by atomic mass is 32.1. The Kier molecular flexibility index (Phi) is 6.24. The van der Waals surface area contributed by atoms with Crippen LogP contribution in [0.4, 0.5) is 0 Å². The smallest absolute Gasteiger partial charge is 0.291 e. The number of hydrogen-bond acceptors (Lipinski definition) is 7. The van der Waals surface area contributed by atoms with Crippen LogP contribution in [0.15, 0.2) is 88.2 Å². The third-order valence-corrected chi connectivity index (χ3v) is 8.05. The molecule has 208 valence electrons. The maximum Gasteiger partial charge on any atom is 0.291 e. The van der Waals surface area contributed by atoms with Crippen LogP contribution in [0.2, 0.25) is 0 Å². The molecule has 0 amide bonds. The van der Waals surface area contributed by atoms with E-state index in [2.05, 4.69) is 16.1 Å². The Morgan fingerprint density at radius 2 is 1.76 bits per heavy atom. The van der Waals surface area contributed by atoms with Crippen molar-refractivity contribution >= 4 is 33.3 Å². The van der Waals surface area contributed by atoms with E-state index in [-0.39, 0.29) is 11.7 Å². The van der Waals surface area contributed by atoms with Crippen molar-refractivity contribution in [2.45, 2.75) is 33.8 Å². The Hall–Kier alpha value is -5.02. The summed E-state index contributed by atoms with van der Waals surface area (Å²) in [5, 5.41) is 10.5. The average molecular weight is 574 g/mol. The van der Waals surface area contributed by atoms with E-state index in [1.54, 1.807) is 0 Å². The highest BCUT2D eigenvalue weighted by Gasteiger charge is 2.20. The molecule has 3 aromatic carbocycles. The summed E-state index contributed by atoms with van der Waals surface area (Å²) in [5.74, 6) is 1.81. The van der Waals surface area contributed by atoms with E-state index in [0.717, 1.165) is 50.4 Å². The second-order valence-corrected chi connectivity index (χ2v) is 11.5. The first-order chi connectivity index (χ1) is 20.4. The molecule has 42 heavy (non-hydrogen) atoms. The Bertz CT molecular complexity index is 2210. The number of aromatic nitrogens is 5. The maximum absolute atomic E-state index is 13.5. The molecule has 4 aromatic heterocycles. The second-order valence-electron chi connectivity index (χ2n) is 10.5. The Balaban J connectivity index is 1.34. The molecule has 0 N–H and O–H groups in total. The van der Waals surface area contributed by atoms with Gasteiger partial charge in [0.25, 0.3) is 5.56 Å². The van der Waals surface area contributed by atoms with Gasteiger partial charge in [-0.1, -0.05) is 47.7 Å². The van der Waals surface area contributed by atoms with Crippen LogP contribution in [0, 0.1) is 13.8 Å². The monoisotopic (exact) mass is 573 g/mol. The van der Waals surface area contributed by atoms with Gasteiger partial charge in [0.1, 0.15) is 17.0 Å². The highest BCUT2D eigenvalue weighted by Crippen LogP contribution is 2.32. The normalized spacial score (nSPS) is 12.3. The molecule has 0 aliphatic rings. The van der Waals surface area contributed by atoms with Gasteiger partial charge >= 0.3 is 0 Å². The number of aryl methyl sites for hydroxylation is 2. The molecule has 7 rings (SSSR count). The molecular weight excluding hydrogens is 546 g/mol. The number of hydrogen-bond donors (Lipinski definition) is 0. The number of rotatable bonds is 6. The van der Waals surface area contributed by atoms with E-state index in [1.165, 1.54) is 15.9 Å². The van der Waals surface area contributed by atoms with Gasteiger partial charge in [-0.25, -0.2) is 4.68 Å². The van der Waals surface area contributed by atoms with Crippen molar-refractivity contribution in [1.29, 1.82) is 0 Å². The topological polar surface area (TPSA) is 87.5 Å². The van der Waals surface area contributed by atoms with Crippen molar-refractivity contribution < 1.29 is 9.15 Å². The van der Waals surface area contributed by atoms with Crippen molar-refractivity contribution in [2.75, 3.05) is 0 Å². The maximum atomic E-state index is 13.5. The van der Waals surface area contributed by atoms with Crippen LogP contribution < -0.4 is 14.8 Å². The molecule has 0 unspecified atom stereocenters. The summed E-state index contributed by atoms with van der Waals surface area (Å²) < 4.78 is 15.7. The summed E-state index contributed by atoms with van der Waals surface area (Å²) in [6.07, 6.45) is 3.89. The minimum absolute atomic E-state index is 0.0776. The van der Waals surface area contributed by atoms with Crippen LogP contribution >= 0.6 is 11.3 Å². The van der Waals surface area contributed by atoms with Gasteiger partial charge in [0, 0.05) is 28.3 Å². The lowest BCUT2D eigenvalue weighted by molar-refractivity contribution is 0.241. The van der Waals surface area contributed by atoms with Crippen molar-refractivity contribution in [3.8, 4) is 34.3 Å². The zero-order valence-corrected chi connectivity index (χ0v) is 24.3. The fraction of sp³-hybridized carbons (Fsp3) is 0.152. The van der Waals surface area contributed by atoms with Crippen LogP contribution in [-0.2, 0) is 0 Å². The van der Waals surface area contributed by atoms with E-state index < -0.39 is 0 Å². The number of benzene rings is 3. The van der Waals surface area contributed by atoms with Gasteiger partial charge in [0.2, 0.25) is 10.8 Å². The minimum atomic E-state index is -0.238. The van der Waals surface area contributed by atoms with Gasteiger partial charge in [-0.3, -0.25) is 4.79 Å². The number of fused-ring (bicyclic) bond motifs is 2. The number of ether oxygens (including phenoxy) is 1. The zero-order chi connectivity index (χ0) is 29.0. The molecule has 0 saturated heterocycles. The summed E-state index contributed by atoms with van der Waals surface area (Å²) in [4.78, 5) is 18.7. The van der Waals surface area contributed by atoms with E-state index in [0.29, 0.717) is 21.1 Å². The number of para-hydroxylation sites is 2. The highest BCUT2D eigenvalue weighted by molar-refractivity contribution is 7.15. The molecule has 0 spiro atoms. The van der Waals surface area contributed by atoms with Crippen molar-refractivity contribution in [3.63, 3.8) is 0 Å². The number of furan rings is 1. The van der Waals surface area contributed by atoms with Crippen molar-refractivity contribution in [1.82, 2.24) is 24.4 Å². The molecule has 0 radical (unpaired) electrons. The molecule has 0 saturated carbocycles. The molecule has 4 heterocycles. The van der Waals surface area contributed by atoms with Crippen LogP contribution in [0.1, 0.15) is 30.5 Å². The molecule has 0 fully saturated rings. The lowest BCUT2D eigenvalue weighted by Gasteiger charge is -2.13. The van der Waals surface area contributed by atoms with Crippen LogP contribution in [0.5, 0.6) is 5.75 Å². The second kappa shape index (κ2) is 10.1. The van der Waals surface area contributed by atoms with E-state index in [9.17, 15) is 4.79 Å². The molecule has 0 bridgehead atoms. The van der Waals surface area contributed by atoms with Gasteiger partial charge in [-0.05, 0) is 75.7 Å². The van der Waals surface area contributed by atoms with Gasteiger partial charge in [-0.2, -0.15) is 14.6 Å². The quantitative estimate of drug-likeness (QED) is 0.230. The zero-order valence-electron chi connectivity index (χ0n) is 23.5. The molecule has 9 heteroatoms. The molecular formula is C33H27N5O3S. The first-order valence-corrected chi connectivity index (χ1v) is 14.5. The first kappa shape index (κ1) is 25.9. The molecule has 0 atom stereocenters. The summed E-state index contributed by atoms with van der Waals surface area (Å²) in [6, 6.07) is 23.7. The van der Waals surface area contributed by atoms with Crippen molar-refractivity contribution in [3.05, 3.63) is 111 Å². The third-order valence-electron chi connectivity index (χ3n) is 7.09. The number of thiazole rings is 1. The number of nitrogens with zero attached hydrogens (tertiary/aromatic N) is 5. The Morgan fingerprint density at radius 3 is 2.50 bits per heavy atom. The average Bonchev–Trinajstić information content (AvgIpc) is 3.74. The molecule has 0 aliphatic heterocycles. The molecule has 8 nitrogen and oxygen atoms in total. The fourth-order valence-corrected chi connectivity index (χ4v) is 5.97. The Morgan fingerprint density at radius 1 is 0.976 bits per heavy atom. The lowest BCUT2D eigenvalue weighted by atomic mass is 10.0. The Labute approximate surface area is 245 Å².